The van der Waals surface area contributed by atoms with Crippen molar-refractivity contribution in [3.63, 3.8) is 0 Å². The number of anilines is 1. The van der Waals surface area contributed by atoms with Crippen molar-refractivity contribution >= 4 is 33.2 Å². The van der Waals surface area contributed by atoms with E-state index >= 15 is 0 Å². The first kappa shape index (κ1) is 20.9. The second-order valence-electron chi connectivity index (χ2n) is 5.42. The monoisotopic (exact) mass is 416 g/mol. The van der Waals surface area contributed by atoms with Crippen molar-refractivity contribution in [2.45, 2.75) is 11.3 Å². The van der Waals surface area contributed by atoms with Crippen LogP contribution >= 0.6 is 11.6 Å². The highest BCUT2D eigenvalue weighted by Gasteiger charge is 2.17. The fourth-order valence-corrected chi connectivity index (χ4v) is 3.38. The Balaban J connectivity index is 2.02. The number of hydrogen-bond donors (Lipinski definition) is 3. The number of hydrogen-bond acceptors (Lipinski definition) is 5. The molecule has 0 bridgehead atoms. The maximum absolute atomic E-state index is 12.9. The minimum absolute atomic E-state index is 0.0140. The van der Waals surface area contributed by atoms with Crippen molar-refractivity contribution in [1.82, 2.24) is 5.32 Å². The molecule has 0 aliphatic rings. The van der Waals surface area contributed by atoms with Gasteiger partial charge in [-0.25, -0.2) is 12.8 Å². The Bertz CT molecular complexity index is 891. The van der Waals surface area contributed by atoms with Gasteiger partial charge in [0.1, 0.15) is 11.6 Å². The number of rotatable bonds is 9. The topological polar surface area (TPSA) is 105 Å². The number of nitrogens with one attached hydrogen (secondary N) is 2. The highest BCUT2D eigenvalue weighted by atomic mass is 35.5. The molecule has 146 valence electrons. The number of carbonyl (C=O) groups excluding carboxylic acids is 1. The molecule has 27 heavy (non-hydrogen) atoms. The molecule has 0 radical (unpaired) electrons. The largest absolute Gasteiger partial charge is 0.482 e. The van der Waals surface area contributed by atoms with Crippen LogP contribution in [0.15, 0.2) is 47.4 Å². The van der Waals surface area contributed by atoms with Crippen LogP contribution in [0.1, 0.15) is 6.42 Å². The molecule has 2 aromatic carbocycles. The van der Waals surface area contributed by atoms with Crippen LogP contribution in [0.3, 0.4) is 0 Å². The van der Waals surface area contributed by atoms with E-state index < -0.39 is 21.7 Å². The van der Waals surface area contributed by atoms with Gasteiger partial charge in [0.15, 0.2) is 6.61 Å². The van der Waals surface area contributed by atoms with E-state index in [2.05, 4.69) is 10.0 Å². The number of aliphatic hydroxyl groups excluding tert-OH is 1. The Kier molecular flexibility index (Phi) is 7.40. The molecule has 0 atom stereocenters. The zero-order chi connectivity index (χ0) is 19.9. The lowest BCUT2D eigenvalue weighted by atomic mass is 10.3. The molecule has 0 spiro atoms. The smallest absolute Gasteiger partial charge is 0.261 e. The average Bonchev–Trinajstić information content (AvgIpc) is 2.62. The first-order chi connectivity index (χ1) is 12.8. The Morgan fingerprint density at radius 2 is 1.89 bits per heavy atom. The average molecular weight is 417 g/mol. The quantitative estimate of drug-likeness (QED) is 0.543. The van der Waals surface area contributed by atoms with E-state index in [0.717, 1.165) is 12.1 Å². The lowest BCUT2D eigenvalue weighted by Crippen LogP contribution is -2.30. The van der Waals surface area contributed by atoms with Gasteiger partial charge in [-0.05, 0) is 48.9 Å². The van der Waals surface area contributed by atoms with Crippen LogP contribution in [0.4, 0.5) is 10.1 Å². The van der Waals surface area contributed by atoms with E-state index in [1.807, 2.05) is 0 Å². The van der Waals surface area contributed by atoms with Gasteiger partial charge in [-0.3, -0.25) is 9.52 Å². The van der Waals surface area contributed by atoms with Gasteiger partial charge in [0.25, 0.3) is 15.9 Å². The van der Waals surface area contributed by atoms with E-state index in [1.54, 1.807) is 0 Å². The fourth-order valence-electron chi connectivity index (χ4n) is 2.00. The molecule has 0 saturated heterocycles. The van der Waals surface area contributed by atoms with Gasteiger partial charge in [0.05, 0.1) is 9.92 Å². The van der Waals surface area contributed by atoms with E-state index in [-0.39, 0.29) is 34.6 Å². The van der Waals surface area contributed by atoms with Crippen molar-refractivity contribution in [1.29, 1.82) is 0 Å². The van der Waals surface area contributed by atoms with Crippen LogP contribution in [-0.2, 0) is 14.8 Å². The molecule has 0 unspecified atom stereocenters. The van der Waals surface area contributed by atoms with Crippen LogP contribution in [0.25, 0.3) is 0 Å². The summed E-state index contributed by atoms with van der Waals surface area (Å²) in [5, 5.41) is 11.2. The molecular formula is C17H18ClFN2O5S. The number of benzene rings is 2. The minimum Gasteiger partial charge on any atom is -0.482 e. The molecule has 0 heterocycles. The van der Waals surface area contributed by atoms with Crippen molar-refractivity contribution in [2.24, 2.45) is 0 Å². The number of sulfonamides is 1. The summed E-state index contributed by atoms with van der Waals surface area (Å²) in [6, 6.07) is 8.65. The first-order valence-corrected chi connectivity index (χ1v) is 9.76. The standard InChI is InChI=1S/C17H18ClFN2O5S/c18-15-10-14(27(24,25)21-13-4-2-12(19)3-5-13)6-7-16(15)26-11-17(23)20-8-1-9-22/h2-7,10,21-22H,1,8-9,11H2,(H,20,23). The summed E-state index contributed by atoms with van der Waals surface area (Å²) < 4.78 is 45.2. The second kappa shape index (κ2) is 9.54. The number of carbonyl (C=O) groups is 1. The van der Waals surface area contributed by atoms with Crippen LogP contribution < -0.4 is 14.8 Å². The van der Waals surface area contributed by atoms with Crippen molar-refractivity contribution in [3.05, 3.63) is 53.3 Å². The van der Waals surface area contributed by atoms with Crippen molar-refractivity contribution in [3.8, 4) is 5.75 Å². The minimum atomic E-state index is -3.93. The summed E-state index contributed by atoms with van der Waals surface area (Å²) in [6.45, 7) is -0.0153. The number of ether oxygens (including phenoxy) is 1. The lowest BCUT2D eigenvalue weighted by molar-refractivity contribution is -0.123. The Hall–Kier alpha value is -2.36. The number of amides is 1. The molecule has 0 saturated carbocycles. The molecule has 0 aliphatic heterocycles. The first-order valence-electron chi connectivity index (χ1n) is 7.90. The predicted octanol–water partition coefficient (Wildman–Crippen LogP) is 2.16. The summed E-state index contributed by atoms with van der Waals surface area (Å²) in [6.07, 6.45) is 0.431. The van der Waals surface area contributed by atoms with Crippen molar-refractivity contribution in [2.75, 3.05) is 24.5 Å². The highest BCUT2D eigenvalue weighted by molar-refractivity contribution is 7.92. The van der Waals surface area contributed by atoms with Gasteiger partial charge >= 0.3 is 0 Å². The zero-order valence-electron chi connectivity index (χ0n) is 14.1. The van der Waals surface area contributed by atoms with Gasteiger partial charge in [-0.1, -0.05) is 11.6 Å². The third kappa shape index (κ3) is 6.38. The molecule has 7 nitrogen and oxygen atoms in total. The Labute approximate surface area is 161 Å². The maximum Gasteiger partial charge on any atom is 0.261 e. The van der Waals surface area contributed by atoms with E-state index in [9.17, 15) is 17.6 Å². The Morgan fingerprint density at radius 1 is 1.19 bits per heavy atom. The normalized spacial score (nSPS) is 11.1. The van der Waals surface area contributed by atoms with E-state index in [0.29, 0.717) is 13.0 Å². The van der Waals surface area contributed by atoms with Gasteiger partial charge in [-0.15, -0.1) is 0 Å². The molecule has 3 N–H and O–H groups in total. The molecule has 0 fully saturated rings. The molecule has 2 aromatic rings. The lowest BCUT2D eigenvalue weighted by Gasteiger charge is -2.11. The van der Waals surface area contributed by atoms with Gasteiger partial charge in [-0.2, -0.15) is 0 Å². The van der Waals surface area contributed by atoms with E-state index in [1.165, 1.54) is 30.3 Å². The molecule has 10 heteroatoms. The summed E-state index contributed by atoms with van der Waals surface area (Å²) >= 11 is 6.04. The third-order valence-corrected chi connectivity index (χ3v) is 5.00. The van der Waals surface area contributed by atoms with E-state index in [4.69, 9.17) is 21.4 Å². The second-order valence-corrected chi connectivity index (χ2v) is 7.51. The summed E-state index contributed by atoms with van der Waals surface area (Å²) in [7, 11) is -3.93. The molecule has 2 rings (SSSR count). The van der Waals surface area contributed by atoms with Gasteiger partial charge in [0, 0.05) is 18.8 Å². The molecule has 1 amide bonds. The molecular weight excluding hydrogens is 399 g/mol. The summed E-state index contributed by atoms with van der Waals surface area (Å²) in [5.74, 6) is -0.730. The number of aliphatic hydroxyl groups is 1. The van der Waals surface area contributed by atoms with Gasteiger partial charge < -0.3 is 15.2 Å². The summed E-state index contributed by atoms with van der Waals surface area (Å²) in [4.78, 5) is 11.4. The van der Waals surface area contributed by atoms with Crippen LogP contribution in [-0.4, -0.2) is 39.2 Å². The Morgan fingerprint density at radius 3 is 2.52 bits per heavy atom. The van der Waals surface area contributed by atoms with Crippen LogP contribution in [0.5, 0.6) is 5.75 Å². The molecule has 0 aromatic heterocycles. The van der Waals surface area contributed by atoms with Crippen LogP contribution in [0, 0.1) is 5.82 Å². The SMILES string of the molecule is O=C(COc1ccc(S(=O)(=O)Nc2ccc(F)cc2)cc1Cl)NCCCO. The zero-order valence-corrected chi connectivity index (χ0v) is 15.7. The molecule has 0 aliphatic carbocycles. The predicted molar refractivity (Wildman–Crippen MR) is 98.9 cm³/mol. The van der Waals surface area contributed by atoms with Crippen LogP contribution in [0.2, 0.25) is 5.02 Å². The third-order valence-electron chi connectivity index (χ3n) is 3.33. The van der Waals surface area contributed by atoms with Crippen molar-refractivity contribution < 1.29 is 27.4 Å². The van der Waals surface area contributed by atoms with Gasteiger partial charge in [0.2, 0.25) is 0 Å². The summed E-state index contributed by atoms with van der Waals surface area (Å²) in [5.41, 5.74) is 0.201. The highest BCUT2D eigenvalue weighted by Crippen LogP contribution is 2.28. The fraction of sp³-hybridized carbons (Fsp3) is 0.235. The number of halogens is 2. The maximum atomic E-state index is 12.9.